The van der Waals surface area contributed by atoms with Crippen LogP contribution in [0.3, 0.4) is 0 Å². The Morgan fingerprint density at radius 2 is 1.86 bits per heavy atom. The van der Waals surface area contributed by atoms with E-state index in [4.69, 9.17) is 0 Å². The van der Waals surface area contributed by atoms with Crippen LogP contribution in [0.4, 0.5) is 13.2 Å². The number of aliphatic hydroxyl groups excluding tert-OH is 1. The van der Waals surface area contributed by atoms with Gasteiger partial charge >= 0.3 is 6.18 Å². The van der Waals surface area contributed by atoms with E-state index >= 15 is 0 Å². The number of nitrogens with one attached hydrogen (secondary N) is 1. The van der Waals surface area contributed by atoms with Crippen molar-refractivity contribution in [2.24, 2.45) is 0 Å². The van der Waals surface area contributed by atoms with Crippen molar-refractivity contribution in [3.05, 3.63) is 33.8 Å². The molecular formula is C14H17BrF3NO2. The van der Waals surface area contributed by atoms with E-state index in [-0.39, 0.29) is 16.6 Å². The molecule has 118 valence electrons. The van der Waals surface area contributed by atoms with E-state index in [1.807, 2.05) is 0 Å². The first-order valence-electron chi connectivity index (χ1n) is 6.49. The number of halogens is 4. The summed E-state index contributed by atoms with van der Waals surface area (Å²) in [6.45, 7) is 3.31. The molecule has 0 saturated carbocycles. The van der Waals surface area contributed by atoms with Crippen LogP contribution < -0.4 is 5.32 Å². The highest BCUT2D eigenvalue weighted by molar-refractivity contribution is 9.10. The molecule has 21 heavy (non-hydrogen) atoms. The van der Waals surface area contributed by atoms with Crippen LogP contribution in [0.15, 0.2) is 22.7 Å². The second-order valence-electron chi connectivity index (χ2n) is 4.79. The number of benzene rings is 1. The van der Waals surface area contributed by atoms with Gasteiger partial charge in [0.25, 0.3) is 5.91 Å². The molecule has 0 atom stereocenters. The van der Waals surface area contributed by atoms with Crippen LogP contribution >= 0.6 is 15.9 Å². The zero-order valence-electron chi connectivity index (χ0n) is 11.7. The molecule has 0 aliphatic carbocycles. The number of hydrogen-bond acceptors (Lipinski definition) is 2. The molecule has 0 saturated heterocycles. The maximum atomic E-state index is 12.7. The number of hydrogen-bond donors (Lipinski definition) is 2. The highest BCUT2D eigenvalue weighted by Gasteiger charge is 2.33. The van der Waals surface area contributed by atoms with Gasteiger partial charge in [0.05, 0.1) is 23.3 Å². The fourth-order valence-electron chi connectivity index (χ4n) is 1.87. The van der Waals surface area contributed by atoms with E-state index in [1.54, 1.807) is 13.8 Å². The van der Waals surface area contributed by atoms with Crippen molar-refractivity contribution >= 4 is 21.8 Å². The van der Waals surface area contributed by atoms with E-state index in [2.05, 4.69) is 21.2 Å². The van der Waals surface area contributed by atoms with Gasteiger partial charge in [-0.2, -0.15) is 13.2 Å². The molecule has 0 bridgehead atoms. The predicted octanol–water partition coefficient (Wildman–Crippen LogP) is 3.75. The van der Waals surface area contributed by atoms with Gasteiger partial charge in [-0.3, -0.25) is 4.79 Å². The molecule has 0 spiro atoms. The molecule has 1 rings (SSSR count). The number of carbonyl (C=O) groups excluding carboxylic acids is 1. The van der Waals surface area contributed by atoms with Crippen LogP contribution in [-0.4, -0.2) is 23.2 Å². The Kier molecular flexibility index (Phi) is 5.81. The second kappa shape index (κ2) is 6.79. The van der Waals surface area contributed by atoms with E-state index in [9.17, 15) is 23.1 Å². The standard InChI is InChI=1S/C14H17BrF3NO2/c1-3-13(4-2,8-20)19-12(21)10-7-9(14(16,17)18)5-6-11(10)15/h5-7,20H,3-4,8H2,1-2H3,(H,19,21). The van der Waals surface area contributed by atoms with Crippen LogP contribution in [0.2, 0.25) is 0 Å². The Morgan fingerprint density at radius 1 is 1.29 bits per heavy atom. The molecule has 0 heterocycles. The first-order valence-corrected chi connectivity index (χ1v) is 7.28. The van der Waals surface area contributed by atoms with Crippen molar-refractivity contribution < 1.29 is 23.1 Å². The third-order valence-corrected chi connectivity index (χ3v) is 4.26. The van der Waals surface area contributed by atoms with Gasteiger partial charge in [-0.15, -0.1) is 0 Å². The van der Waals surface area contributed by atoms with Gasteiger partial charge < -0.3 is 10.4 Å². The Bertz CT molecular complexity index is 505. The minimum Gasteiger partial charge on any atom is -0.394 e. The lowest BCUT2D eigenvalue weighted by atomic mass is 9.93. The molecule has 0 aliphatic heterocycles. The van der Waals surface area contributed by atoms with Crippen molar-refractivity contribution in [2.75, 3.05) is 6.61 Å². The summed E-state index contributed by atoms with van der Waals surface area (Å²) in [6, 6.07) is 2.89. The molecule has 7 heteroatoms. The number of amides is 1. The molecule has 0 aliphatic rings. The van der Waals surface area contributed by atoms with Crippen LogP contribution in [0.25, 0.3) is 0 Å². The number of alkyl halides is 3. The highest BCUT2D eigenvalue weighted by Crippen LogP contribution is 2.32. The molecule has 3 nitrogen and oxygen atoms in total. The summed E-state index contributed by atoms with van der Waals surface area (Å²) in [7, 11) is 0. The van der Waals surface area contributed by atoms with E-state index in [0.717, 1.165) is 12.1 Å². The zero-order chi connectivity index (χ0) is 16.3. The smallest absolute Gasteiger partial charge is 0.394 e. The highest BCUT2D eigenvalue weighted by atomic mass is 79.9. The van der Waals surface area contributed by atoms with Gasteiger partial charge in [-0.25, -0.2) is 0 Å². The lowest BCUT2D eigenvalue weighted by Crippen LogP contribution is -2.50. The van der Waals surface area contributed by atoms with E-state index < -0.39 is 23.2 Å². The summed E-state index contributed by atoms with van der Waals surface area (Å²) < 4.78 is 38.4. The average Bonchev–Trinajstić information content (AvgIpc) is 2.44. The van der Waals surface area contributed by atoms with Crippen LogP contribution in [0.5, 0.6) is 0 Å². The van der Waals surface area contributed by atoms with Gasteiger partial charge in [0.1, 0.15) is 0 Å². The Balaban J connectivity index is 3.13. The SMILES string of the molecule is CCC(CC)(CO)NC(=O)c1cc(C(F)(F)F)ccc1Br. The molecule has 0 radical (unpaired) electrons. The lowest BCUT2D eigenvalue weighted by molar-refractivity contribution is -0.137. The minimum absolute atomic E-state index is 0.107. The minimum atomic E-state index is -4.51. The molecular weight excluding hydrogens is 351 g/mol. The van der Waals surface area contributed by atoms with Crippen molar-refractivity contribution in [1.29, 1.82) is 0 Å². The van der Waals surface area contributed by atoms with Gasteiger partial charge in [-0.05, 0) is 47.0 Å². The first kappa shape index (κ1) is 18.0. The van der Waals surface area contributed by atoms with Gasteiger partial charge in [0.2, 0.25) is 0 Å². The van der Waals surface area contributed by atoms with Gasteiger partial charge in [-0.1, -0.05) is 13.8 Å². The Labute approximate surface area is 129 Å². The largest absolute Gasteiger partial charge is 0.416 e. The third kappa shape index (κ3) is 4.20. The second-order valence-corrected chi connectivity index (χ2v) is 5.65. The molecule has 2 N–H and O–H groups in total. The van der Waals surface area contributed by atoms with E-state index in [1.165, 1.54) is 6.07 Å². The topological polar surface area (TPSA) is 49.3 Å². The normalized spacial score (nSPS) is 12.3. The molecule has 1 aromatic carbocycles. The average molecular weight is 368 g/mol. The Hall–Kier alpha value is -1.08. The first-order chi connectivity index (χ1) is 9.69. The number of carbonyl (C=O) groups is 1. The molecule has 0 unspecified atom stereocenters. The van der Waals surface area contributed by atoms with Crippen molar-refractivity contribution in [2.45, 2.75) is 38.4 Å². The molecule has 1 amide bonds. The molecule has 0 fully saturated rings. The summed E-state index contributed by atoms with van der Waals surface area (Å²) in [4.78, 5) is 12.2. The maximum Gasteiger partial charge on any atom is 0.416 e. The van der Waals surface area contributed by atoms with Crippen molar-refractivity contribution in [1.82, 2.24) is 5.32 Å². The van der Waals surface area contributed by atoms with Crippen LogP contribution in [0.1, 0.15) is 42.6 Å². The van der Waals surface area contributed by atoms with Crippen LogP contribution in [-0.2, 0) is 6.18 Å². The Morgan fingerprint density at radius 3 is 2.29 bits per heavy atom. The summed E-state index contributed by atoms with van der Waals surface area (Å²) in [6.07, 6.45) is -3.57. The maximum absolute atomic E-state index is 12.7. The van der Waals surface area contributed by atoms with E-state index in [0.29, 0.717) is 12.8 Å². The van der Waals surface area contributed by atoms with Crippen molar-refractivity contribution in [3.8, 4) is 0 Å². The predicted molar refractivity (Wildman–Crippen MR) is 77.0 cm³/mol. The van der Waals surface area contributed by atoms with Gasteiger partial charge in [0, 0.05) is 4.47 Å². The fraction of sp³-hybridized carbons (Fsp3) is 0.500. The summed E-state index contributed by atoms with van der Waals surface area (Å²) >= 11 is 3.08. The number of aliphatic hydroxyl groups is 1. The fourth-order valence-corrected chi connectivity index (χ4v) is 2.30. The number of rotatable bonds is 5. The monoisotopic (exact) mass is 367 g/mol. The third-order valence-electron chi connectivity index (χ3n) is 3.57. The summed E-state index contributed by atoms with van der Waals surface area (Å²) in [5, 5.41) is 12.0. The quantitative estimate of drug-likeness (QED) is 0.832. The van der Waals surface area contributed by atoms with Gasteiger partial charge in [0.15, 0.2) is 0 Å². The molecule has 0 aromatic heterocycles. The summed E-state index contributed by atoms with van der Waals surface area (Å²) in [5.41, 5.74) is -1.83. The summed E-state index contributed by atoms with van der Waals surface area (Å²) in [5.74, 6) is -0.647. The lowest BCUT2D eigenvalue weighted by Gasteiger charge is -2.31. The van der Waals surface area contributed by atoms with Crippen molar-refractivity contribution in [3.63, 3.8) is 0 Å². The zero-order valence-corrected chi connectivity index (χ0v) is 13.3. The van der Waals surface area contributed by atoms with Crippen LogP contribution in [0, 0.1) is 0 Å². The molecule has 1 aromatic rings.